The van der Waals surface area contributed by atoms with E-state index < -0.39 is 18.2 Å². The van der Waals surface area contributed by atoms with E-state index in [1.165, 1.54) is 16.9 Å². The monoisotopic (exact) mass is 632 g/mol. The number of hydrogen-bond acceptors (Lipinski definition) is 4. The first-order valence-electron chi connectivity index (χ1n) is 13.6. The van der Waals surface area contributed by atoms with Gasteiger partial charge >= 0.3 is 6.18 Å². The zero-order valence-corrected chi connectivity index (χ0v) is 25.3. The van der Waals surface area contributed by atoms with E-state index in [9.17, 15) is 18.0 Å². The third kappa shape index (κ3) is 5.18. The fourth-order valence-electron chi connectivity index (χ4n) is 6.30. The van der Waals surface area contributed by atoms with Crippen LogP contribution in [-0.2, 0) is 23.3 Å². The predicted octanol–water partition coefficient (Wildman–Crippen LogP) is 9.42. The lowest BCUT2D eigenvalue weighted by molar-refractivity contribution is -0.275. The molecule has 1 aliphatic heterocycles. The highest BCUT2D eigenvalue weighted by atomic mass is 35.5. The summed E-state index contributed by atoms with van der Waals surface area (Å²) in [6, 6.07) is 2.21. The van der Waals surface area contributed by atoms with Gasteiger partial charge in [0.2, 0.25) is 0 Å². The number of rotatable bonds is 5. The lowest BCUT2D eigenvalue weighted by Crippen LogP contribution is -2.42. The number of carbonyl (C=O) groups excluding carboxylic acids is 1. The van der Waals surface area contributed by atoms with Crippen molar-refractivity contribution in [2.45, 2.75) is 89.5 Å². The third-order valence-electron chi connectivity index (χ3n) is 8.38. The predicted molar refractivity (Wildman–Crippen MR) is 155 cm³/mol. The maximum atomic E-state index is 14.6. The minimum Gasteiger partial charge on any atom is -0.374 e. The zero-order valence-electron chi connectivity index (χ0n) is 22.2. The van der Waals surface area contributed by atoms with E-state index in [1.807, 2.05) is 6.92 Å². The second-order valence-corrected chi connectivity index (χ2v) is 12.9. The van der Waals surface area contributed by atoms with Gasteiger partial charge in [-0.2, -0.15) is 13.2 Å². The molecule has 2 heterocycles. The molecule has 216 valence electrons. The van der Waals surface area contributed by atoms with Gasteiger partial charge in [-0.1, -0.05) is 59.4 Å². The highest BCUT2D eigenvalue weighted by Gasteiger charge is 2.63. The lowest BCUT2D eigenvalue weighted by Gasteiger charge is -2.32. The number of thiophene rings is 1. The second-order valence-electron chi connectivity index (χ2n) is 10.7. The Labute approximate surface area is 250 Å². The Morgan fingerprint density at radius 2 is 1.82 bits per heavy atom. The van der Waals surface area contributed by atoms with Crippen LogP contribution in [0, 0.1) is 5.92 Å². The number of hydrogen-bond donors (Lipinski definition) is 1. The maximum absolute atomic E-state index is 14.6. The third-order valence-corrected chi connectivity index (χ3v) is 10.9. The van der Waals surface area contributed by atoms with Gasteiger partial charge in [0.1, 0.15) is 5.71 Å². The first-order valence-corrected chi connectivity index (χ1v) is 15.5. The molecular formula is C29H30Cl3F3N2O2S. The van der Waals surface area contributed by atoms with Crippen LogP contribution in [0.15, 0.2) is 28.9 Å². The summed E-state index contributed by atoms with van der Waals surface area (Å²) in [5.74, 6) is 0.278. The normalized spacial score (nSPS) is 25.9. The van der Waals surface area contributed by atoms with Crippen molar-refractivity contribution in [2.75, 3.05) is 0 Å². The number of fused-ring (bicyclic) bond motifs is 1. The zero-order chi connectivity index (χ0) is 28.8. The van der Waals surface area contributed by atoms with Crippen molar-refractivity contribution < 1.29 is 22.8 Å². The van der Waals surface area contributed by atoms with E-state index in [2.05, 4.69) is 23.5 Å². The van der Waals surface area contributed by atoms with Gasteiger partial charge in [0, 0.05) is 5.56 Å². The van der Waals surface area contributed by atoms with Gasteiger partial charge < -0.3 is 10.2 Å². The first kappa shape index (κ1) is 29.7. The smallest absolute Gasteiger partial charge is 0.374 e. The molecule has 40 heavy (non-hydrogen) atoms. The number of benzene rings is 1. The SMILES string of the molecule is CC=C1C(CC)CCCC1NC(=O)c1sc(C2=NOC(c3cc(Cl)c(Cl)c(Cl)c3)(C(F)(F)F)C2)c2c1CCCC2. The summed E-state index contributed by atoms with van der Waals surface area (Å²) in [6.07, 6.45) is 3.97. The molecule has 3 aliphatic rings. The van der Waals surface area contributed by atoms with Crippen LogP contribution in [0.4, 0.5) is 13.2 Å². The molecule has 11 heteroatoms. The molecule has 5 rings (SSSR count). The highest BCUT2D eigenvalue weighted by molar-refractivity contribution is 7.16. The molecule has 4 nitrogen and oxygen atoms in total. The van der Waals surface area contributed by atoms with E-state index in [4.69, 9.17) is 39.6 Å². The van der Waals surface area contributed by atoms with Crippen LogP contribution in [0.3, 0.4) is 0 Å². The molecule has 1 aromatic heterocycles. The van der Waals surface area contributed by atoms with E-state index in [0.29, 0.717) is 28.5 Å². The maximum Gasteiger partial charge on any atom is 0.435 e. The summed E-state index contributed by atoms with van der Waals surface area (Å²) in [6.45, 7) is 4.18. The van der Waals surface area contributed by atoms with Crippen LogP contribution in [0.1, 0.15) is 90.0 Å². The first-order chi connectivity index (χ1) is 19.0. The topological polar surface area (TPSA) is 50.7 Å². The summed E-state index contributed by atoms with van der Waals surface area (Å²) in [7, 11) is 0. The number of alkyl halides is 3. The van der Waals surface area contributed by atoms with Crippen LogP contribution >= 0.6 is 46.1 Å². The Balaban J connectivity index is 1.48. The van der Waals surface area contributed by atoms with Crippen molar-refractivity contribution in [3.05, 3.63) is 65.3 Å². The average Bonchev–Trinajstić information content (AvgIpc) is 3.54. The summed E-state index contributed by atoms with van der Waals surface area (Å²) in [5.41, 5.74) is 0.194. The van der Waals surface area contributed by atoms with Crippen molar-refractivity contribution in [1.29, 1.82) is 0 Å². The quantitative estimate of drug-likeness (QED) is 0.263. The summed E-state index contributed by atoms with van der Waals surface area (Å²) >= 11 is 19.4. The lowest BCUT2D eigenvalue weighted by atomic mass is 9.79. The van der Waals surface area contributed by atoms with Gasteiger partial charge in [0.25, 0.3) is 11.5 Å². The Bertz CT molecular complexity index is 1360. The van der Waals surface area contributed by atoms with Gasteiger partial charge in [0.05, 0.1) is 37.3 Å². The van der Waals surface area contributed by atoms with Crippen LogP contribution < -0.4 is 5.32 Å². The number of oxime groups is 1. The van der Waals surface area contributed by atoms with Gasteiger partial charge in [0.15, 0.2) is 0 Å². The van der Waals surface area contributed by atoms with Crippen molar-refractivity contribution in [3.8, 4) is 0 Å². The summed E-state index contributed by atoms with van der Waals surface area (Å²) < 4.78 is 43.9. The molecule has 2 aliphatic carbocycles. The standard InChI is InChI=1S/C29H30Cl3F3N2O2S/c1-3-15-8-7-11-22(17(15)4-2)36-27(38)26-19-10-6-5-9-18(19)25(40-26)23-14-28(39-37-23,29(33,34)35)16-12-20(30)24(32)21(31)13-16/h4,12-13,15,22H,3,5-11,14H2,1-2H3,(H,36,38). The van der Waals surface area contributed by atoms with Gasteiger partial charge in [-0.3, -0.25) is 4.79 Å². The second kappa shape index (κ2) is 11.5. The molecular weight excluding hydrogens is 604 g/mol. The van der Waals surface area contributed by atoms with Gasteiger partial charge in [-0.15, -0.1) is 11.3 Å². The Morgan fingerprint density at radius 3 is 2.45 bits per heavy atom. The van der Waals surface area contributed by atoms with Crippen molar-refractivity contribution in [3.63, 3.8) is 0 Å². The molecule has 3 unspecified atom stereocenters. The molecule has 3 atom stereocenters. The largest absolute Gasteiger partial charge is 0.435 e. The van der Waals surface area contributed by atoms with Crippen LogP contribution in [0.5, 0.6) is 0 Å². The van der Waals surface area contributed by atoms with E-state index in [0.717, 1.165) is 61.8 Å². The molecule has 2 aromatic rings. The Hall–Kier alpha value is -1.74. The van der Waals surface area contributed by atoms with Gasteiger partial charge in [-0.05, 0) is 86.6 Å². The number of amides is 1. The van der Waals surface area contributed by atoms with Gasteiger partial charge in [-0.25, -0.2) is 0 Å². The average molecular weight is 634 g/mol. The van der Waals surface area contributed by atoms with Crippen LogP contribution in [0.25, 0.3) is 0 Å². The van der Waals surface area contributed by atoms with Crippen molar-refractivity contribution in [1.82, 2.24) is 5.32 Å². The minimum atomic E-state index is -4.82. The number of halogens is 6. The molecule has 0 bridgehead atoms. The minimum absolute atomic E-state index is 0.0316. The summed E-state index contributed by atoms with van der Waals surface area (Å²) in [4.78, 5) is 20.0. The fourth-order valence-corrected chi connectivity index (χ4v) is 8.18. The molecule has 1 N–H and O–H groups in total. The molecule has 1 aromatic carbocycles. The number of nitrogens with zero attached hydrogens (tertiary/aromatic N) is 1. The molecule has 0 saturated heterocycles. The Morgan fingerprint density at radius 1 is 1.15 bits per heavy atom. The molecule has 0 spiro atoms. The van der Waals surface area contributed by atoms with E-state index >= 15 is 0 Å². The number of carbonyl (C=O) groups is 1. The molecule has 1 amide bonds. The Kier molecular flexibility index (Phi) is 8.55. The fraction of sp³-hybridized carbons (Fsp3) is 0.517. The van der Waals surface area contributed by atoms with Crippen LogP contribution in [-0.4, -0.2) is 23.8 Å². The van der Waals surface area contributed by atoms with Crippen molar-refractivity contribution in [2.24, 2.45) is 11.1 Å². The molecule has 1 fully saturated rings. The van der Waals surface area contributed by atoms with Crippen molar-refractivity contribution >= 4 is 57.8 Å². The van der Waals surface area contributed by atoms with E-state index in [-0.39, 0.29) is 38.3 Å². The van der Waals surface area contributed by atoms with Crippen LogP contribution in [0.2, 0.25) is 15.1 Å². The molecule has 1 saturated carbocycles. The number of nitrogens with one attached hydrogen (secondary N) is 1. The highest BCUT2D eigenvalue weighted by Crippen LogP contribution is 2.52. The number of allylic oxidation sites excluding steroid dienone is 1. The summed E-state index contributed by atoms with van der Waals surface area (Å²) in [5, 5.41) is 6.98. The van der Waals surface area contributed by atoms with E-state index in [1.54, 1.807) is 0 Å². The molecule has 0 radical (unpaired) electrons.